The van der Waals surface area contributed by atoms with E-state index in [9.17, 15) is 5.26 Å². The van der Waals surface area contributed by atoms with Crippen LogP contribution in [0.4, 0.5) is 5.82 Å². The van der Waals surface area contributed by atoms with Crippen LogP contribution in [0.25, 0.3) is 11.4 Å². The molecular weight excluding hydrogens is 370 g/mol. The van der Waals surface area contributed by atoms with Crippen LogP contribution in [-0.2, 0) is 11.3 Å². The van der Waals surface area contributed by atoms with Gasteiger partial charge in [0.15, 0.2) is 5.82 Å². The van der Waals surface area contributed by atoms with E-state index in [0.717, 1.165) is 5.56 Å². The molecule has 0 spiro atoms. The molecule has 0 aliphatic rings. The zero-order chi connectivity index (χ0) is 20.6. The van der Waals surface area contributed by atoms with Gasteiger partial charge in [-0.05, 0) is 25.1 Å². The second-order valence-corrected chi connectivity index (χ2v) is 6.10. The molecule has 0 aliphatic heterocycles. The largest absolute Gasteiger partial charge is 0.438 e. The molecule has 0 saturated heterocycles. The average Bonchev–Trinajstić information content (AvgIpc) is 2.73. The zero-order valence-electron chi connectivity index (χ0n) is 16.2. The van der Waals surface area contributed by atoms with Crippen LogP contribution in [0.2, 0.25) is 0 Å². The molecule has 3 rings (SSSR count). The van der Waals surface area contributed by atoms with E-state index in [1.165, 1.54) is 0 Å². The van der Waals surface area contributed by atoms with Gasteiger partial charge in [-0.1, -0.05) is 0 Å². The molecule has 0 fully saturated rings. The first-order chi connectivity index (χ1) is 14.1. The Balaban J connectivity index is 1.94. The minimum Gasteiger partial charge on any atom is -0.438 e. The lowest BCUT2D eigenvalue weighted by Gasteiger charge is -2.12. The Bertz CT molecular complexity index is 1020. The number of anilines is 1. The molecule has 2 heterocycles. The molecule has 29 heavy (non-hydrogen) atoms. The number of nitrogens with one attached hydrogen (secondary N) is 1. The number of nitrogens with zero attached hydrogens (tertiary/aromatic N) is 5. The minimum atomic E-state index is 0.340. The van der Waals surface area contributed by atoms with Crippen LogP contribution in [0.5, 0.6) is 11.6 Å². The van der Waals surface area contributed by atoms with Crippen LogP contribution in [0, 0.1) is 18.3 Å². The molecule has 2 aromatic heterocycles. The summed E-state index contributed by atoms with van der Waals surface area (Å²) in [4.78, 5) is 17.4. The van der Waals surface area contributed by atoms with Gasteiger partial charge in [0, 0.05) is 44.2 Å². The number of rotatable bonds is 8. The van der Waals surface area contributed by atoms with Crippen molar-refractivity contribution in [3.8, 4) is 29.1 Å². The van der Waals surface area contributed by atoms with Gasteiger partial charge in [-0.3, -0.25) is 0 Å². The quantitative estimate of drug-likeness (QED) is 0.555. The first-order valence-electron chi connectivity index (χ1n) is 8.94. The number of nitriles is 1. The maximum atomic E-state index is 9.27. The van der Waals surface area contributed by atoms with E-state index in [2.05, 4.69) is 31.3 Å². The first-order valence-corrected chi connectivity index (χ1v) is 8.94. The third-order valence-electron chi connectivity index (χ3n) is 3.93. The van der Waals surface area contributed by atoms with E-state index in [1.807, 2.05) is 0 Å². The minimum absolute atomic E-state index is 0.340. The van der Waals surface area contributed by atoms with E-state index in [-0.39, 0.29) is 0 Å². The first kappa shape index (κ1) is 20.1. The summed E-state index contributed by atoms with van der Waals surface area (Å²) in [6, 6.07) is 8.86. The SMILES string of the molecule is COCCNc1cc(Oc2cc(C#N)ccc2-c2ncc(CN)cn2)nc(C)n1. The van der Waals surface area contributed by atoms with Crippen molar-refractivity contribution < 1.29 is 9.47 Å². The number of benzene rings is 1. The standard InChI is InChI=1S/C20H21N7O2/c1-13-26-18(23-5-6-28-2)8-19(27-13)29-17-7-14(9-21)3-4-16(17)20-24-11-15(10-22)12-25-20/h3-4,7-8,11-12H,5-6,10,22H2,1-2H3,(H,23,26,27). The lowest BCUT2D eigenvalue weighted by molar-refractivity contribution is 0.210. The Kier molecular flexibility index (Phi) is 6.63. The molecule has 9 nitrogen and oxygen atoms in total. The predicted molar refractivity (Wildman–Crippen MR) is 107 cm³/mol. The number of hydrogen-bond acceptors (Lipinski definition) is 9. The fourth-order valence-electron chi connectivity index (χ4n) is 2.54. The average molecular weight is 391 g/mol. The van der Waals surface area contributed by atoms with Gasteiger partial charge in [-0.2, -0.15) is 10.2 Å². The van der Waals surface area contributed by atoms with Crippen molar-refractivity contribution in [3.63, 3.8) is 0 Å². The molecule has 0 unspecified atom stereocenters. The summed E-state index contributed by atoms with van der Waals surface area (Å²) in [5, 5.41) is 12.4. The van der Waals surface area contributed by atoms with Crippen LogP contribution in [0.15, 0.2) is 36.7 Å². The van der Waals surface area contributed by atoms with Crippen molar-refractivity contribution in [2.75, 3.05) is 25.6 Å². The van der Waals surface area contributed by atoms with E-state index >= 15 is 0 Å². The highest BCUT2D eigenvalue weighted by Gasteiger charge is 2.13. The summed E-state index contributed by atoms with van der Waals surface area (Å²) in [6.45, 7) is 3.28. The van der Waals surface area contributed by atoms with Crippen molar-refractivity contribution in [2.24, 2.45) is 5.73 Å². The number of hydrogen-bond donors (Lipinski definition) is 2. The molecule has 9 heteroatoms. The molecule has 0 saturated carbocycles. The van der Waals surface area contributed by atoms with Crippen molar-refractivity contribution in [3.05, 3.63) is 53.6 Å². The Morgan fingerprint density at radius 1 is 1.17 bits per heavy atom. The Morgan fingerprint density at radius 3 is 2.66 bits per heavy atom. The van der Waals surface area contributed by atoms with Gasteiger partial charge in [0.05, 0.1) is 23.8 Å². The van der Waals surface area contributed by atoms with Crippen molar-refractivity contribution in [2.45, 2.75) is 13.5 Å². The summed E-state index contributed by atoms with van der Waals surface area (Å²) in [5.74, 6) is 2.39. The summed E-state index contributed by atoms with van der Waals surface area (Å²) in [6.07, 6.45) is 3.33. The molecule has 0 atom stereocenters. The number of aryl methyl sites for hydroxylation is 1. The topological polar surface area (TPSA) is 132 Å². The van der Waals surface area contributed by atoms with E-state index in [0.29, 0.717) is 59.9 Å². The molecule has 148 valence electrons. The molecular formula is C20H21N7O2. The number of ether oxygens (including phenoxy) is 2. The van der Waals surface area contributed by atoms with Gasteiger partial charge in [0.1, 0.15) is 17.4 Å². The molecule has 0 bridgehead atoms. The number of aromatic nitrogens is 4. The van der Waals surface area contributed by atoms with E-state index < -0.39 is 0 Å². The van der Waals surface area contributed by atoms with Gasteiger partial charge in [-0.25, -0.2) is 15.0 Å². The molecule has 0 radical (unpaired) electrons. The lowest BCUT2D eigenvalue weighted by atomic mass is 10.1. The van der Waals surface area contributed by atoms with Crippen LogP contribution >= 0.6 is 0 Å². The molecule has 3 aromatic rings. The summed E-state index contributed by atoms with van der Waals surface area (Å²) in [5.41, 5.74) is 7.52. The Hall–Kier alpha value is -3.61. The number of methoxy groups -OCH3 is 1. The molecule has 1 aromatic carbocycles. The number of nitrogens with two attached hydrogens (primary N) is 1. The van der Waals surface area contributed by atoms with Crippen LogP contribution in [0.3, 0.4) is 0 Å². The zero-order valence-corrected chi connectivity index (χ0v) is 16.2. The van der Waals surface area contributed by atoms with Gasteiger partial charge in [-0.15, -0.1) is 0 Å². The fraction of sp³-hybridized carbons (Fsp3) is 0.250. The van der Waals surface area contributed by atoms with Gasteiger partial charge in [0.2, 0.25) is 5.88 Å². The highest BCUT2D eigenvalue weighted by molar-refractivity contribution is 5.66. The second kappa shape index (κ2) is 9.54. The van der Waals surface area contributed by atoms with Crippen molar-refractivity contribution in [1.82, 2.24) is 19.9 Å². The summed E-state index contributed by atoms with van der Waals surface area (Å²) >= 11 is 0. The molecule has 0 aliphatic carbocycles. The monoisotopic (exact) mass is 391 g/mol. The Morgan fingerprint density at radius 2 is 1.97 bits per heavy atom. The third kappa shape index (κ3) is 5.22. The lowest BCUT2D eigenvalue weighted by Crippen LogP contribution is -2.10. The van der Waals surface area contributed by atoms with E-state index in [1.54, 1.807) is 50.7 Å². The Labute approximate surface area is 168 Å². The fourth-order valence-corrected chi connectivity index (χ4v) is 2.54. The second-order valence-electron chi connectivity index (χ2n) is 6.10. The maximum absolute atomic E-state index is 9.27. The van der Waals surface area contributed by atoms with Crippen LogP contribution in [0.1, 0.15) is 17.0 Å². The van der Waals surface area contributed by atoms with E-state index in [4.69, 9.17) is 15.2 Å². The van der Waals surface area contributed by atoms with Gasteiger partial charge < -0.3 is 20.5 Å². The molecule has 3 N–H and O–H groups in total. The summed E-state index contributed by atoms with van der Waals surface area (Å²) in [7, 11) is 1.63. The normalized spacial score (nSPS) is 10.4. The highest BCUT2D eigenvalue weighted by Crippen LogP contribution is 2.32. The summed E-state index contributed by atoms with van der Waals surface area (Å²) < 4.78 is 11.0. The van der Waals surface area contributed by atoms with Gasteiger partial charge in [0.25, 0.3) is 0 Å². The molecule has 0 amide bonds. The maximum Gasteiger partial charge on any atom is 0.224 e. The predicted octanol–water partition coefficient (Wildman–Crippen LogP) is 2.42. The highest BCUT2D eigenvalue weighted by atomic mass is 16.5. The van der Waals surface area contributed by atoms with Crippen molar-refractivity contribution >= 4 is 5.82 Å². The van der Waals surface area contributed by atoms with Gasteiger partial charge >= 0.3 is 0 Å². The van der Waals surface area contributed by atoms with Crippen LogP contribution in [-0.4, -0.2) is 40.2 Å². The third-order valence-corrected chi connectivity index (χ3v) is 3.93. The van der Waals surface area contributed by atoms with Crippen molar-refractivity contribution in [1.29, 1.82) is 5.26 Å². The van der Waals surface area contributed by atoms with Crippen LogP contribution < -0.4 is 15.8 Å². The smallest absolute Gasteiger partial charge is 0.224 e.